The fourth-order valence-electron chi connectivity index (χ4n) is 2.32. The third-order valence-corrected chi connectivity index (χ3v) is 3.37. The van der Waals surface area contributed by atoms with E-state index >= 15 is 0 Å². The van der Waals surface area contributed by atoms with E-state index in [4.69, 9.17) is 0 Å². The van der Waals surface area contributed by atoms with Crippen molar-refractivity contribution in [3.63, 3.8) is 0 Å². The van der Waals surface area contributed by atoms with Gasteiger partial charge in [0.15, 0.2) is 0 Å². The van der Waals surface area contributed by atoms with Crippen LogP contribution in [0.2, 0.25) is 0 Å². The largest absolute Gasteiger partial charge is 0.314 e. The topological polar surface area (TPSA) is 18.5 Å². The van der Waals surface area contributed by atoms with Crippen molar-refractivity contribution in [3.8, 4) is 0 Å². The maximum atomic E-state index is 3.47. The Morgan fingerprint density at radius 1 is 1.40 bits per heavy atom. The van der Waals surface area contributed by atoms with Crippen LogP contribution in [-0.4, -0.2) is 61.7 Å². The van der Waals surface area contributed by atoms with E-state index in [-0.39, 0.29) is 0 Å². The summed E-state index contributed by atoms with van der Waals surface area (Å²) >= 11 is 0. The highest BCUT2D eigenvalue weighted by Crippen LogP contribution is 2.08. The zero-order valence-corrected chi connectivity index (χ0v) is 10.8. The number of piperazine rings is 1. The second-order valence-electron chi connectivity index (χ2n) is 4.89. The van der Waals surface area contributed by atoms with E-state index in [1.165, 1.54) is 32.6 Å². The minimum atomic E-state index is 0.654. The molecule has 1 fully saturated rings. The maximum Gasteiger partial charge on any atom is 0.0195 e. The molecule has 0 bridgehead atoms. The second-order valence-corrected chi connectivity index (χ2v) is 4.89. The van der Waals surface area contributed by atoms with E-state index in [0.717, 1.165) is 12.6 Å². The molecule has 1 rings (SSSR count). The van der Waals surface area contributed by atoms with Crippen molar-refractivity contribution in [2.24, 2.45) is 0 Å². The van der Waals surface area contributed by atoms with Crippen LogP contribution in [0.25, 0.3) is 0 Å². The van der Waals surface area contributed by atoms with E-state index in [1.54, 1.807) is 0 Å². The highest BCUT2D eigenvalue weighted by Gasteiger charge is 2.20. The van der Waals surface area contributed by atoms with E-state index < -0.39 is 0 Å². The molecule has 0 saturated carbocycles. The van der Waals surface area contributed by atoms with Crippen molar-refractivity contribution in [1.82, 2.24) is 15.1 Å². The van der Waals surface area contributed by atoms with Gasteiger partial charge in [0.2, 0.25) is 0 Å². The molecule has 1 heterocycles. The fourth-order valence-corrected chi connectivity index (χ4v) is 2.32. The average molecular weight is 213 g/mol. The summed E-state index contributed by atoms with van der Waals surface area (Å²) in [5.41, 5.74) is 0. The van der Waals surface area contributed by atoms with Crippen LogP contribution in [-0.2, 0) is 0 Å². The van der Waals surface area contributed by atoms with Crippen LogP contribution in [0.15, 0.2) is 0 Å². The van der Waals surface area contributed by atoms with Gasteiger partial charge in [-0.05, 0) is 40.4 Å². The summed E-state index contributed by atoms with van der Waals surface area (Å²) in [6, 6.07) is 1.37. The molecule has 2 atom stereocenters. The quantitative estimate of drug-likeness (QED) is 0.735. The van der Waals surface area contributed by atoms with Crippen molar-refractivity contribution in [3.05, 3.63) is 0 Å². The Morgan fingerprint density at radius 2 is 2.13 bits per heavy atom. The summed E-state index contributed by atoms with van der Waals surface area (Å²) < 4.78 is 0. The molecule has 3 heteroatoms. The van der Waals surface area contributed by atoms with Crippen molar-refractivity contribution < 1.29 is 0 Å². The molecule has 0 amide bonds. The molecule has 90 valence electrons. The molecule has 15 heavy (non-hydrogen) atoms. The first-order valence-corrected chi connectivity index (χ1v) is 6.29. The van der Waals surface area contributed by atoms with Crippen LogP contribution < -0.4 is 5.32 Å². The summed E-state index contributed by atoms with van der Waals surface area (Å²) in [5.74, 6) is 0. The third-order valence-electron chi connectivity index (χ3n) is 3.37. The lowest BCUT2D eigenvalue weighted by molar-refractivity contribution is 0.0967. The number of nitrogens with one attached hydrogen (secondary N) is 1. The van der Waals surface area contributed by atoms with Gasteiger partial charge in [-0.3, -0.25) is 4.90 Å². The summed E-state index contributed by atoms with van der Waals surface area (Å²) in [7, 11) is 2.22. The molecule has 0 aromatic rings. The number of rotatable bonds is 5. The highest BCUT2D eigenvalue weighted by atomic mass is 15.3. The monoisotopic (exact) mass is 213 g/mol. The maximum absolute atomic E-state index is 3.47. The third kappa shape index (κ3) is 4.49. The fraction of sp³-hybridized carbons (Fsp3) is 1.00. The highest BCUT2D eigenvalue weighted by molar-refractivity contribution is 4.78. The smallest absolute Gasteiger partial charge is 0.0195 e. The van der Waals surface area contributed by atoms with Crippen LogP contribution in [0.1, 0.15) is 27.2 Å². The van der Waals surface area contributed by atoms with Crippen molar-refractivity contribution in [2.45, 2.75) is 39.3 Å². The van der Waals surface area contributed by atoms with Gasteiger partial charge in [0.05, 0.1) is 0 Å². The van der Waals surface area contributed by atoms with E-state index in [1.807, 2.05) is 0 Å². The SMILES string of the molecule is CCNC(C)CCN1CCN(C)CC1C. The molecule has 1 N–H and O–H groups in total. The van der Waals surface area contributed by atoms with Gasteiger partial charge in [-0.2, -0.15) is 0 Å². The Balaban J connectivity index is 2.20. The molecule has 1 aliphatic rings. The molecule has 1 aliphatic heterocycles. The van der Waals surface area contributed by atoms with Gasteiger partial charge < -0.3 is 10.2 Å². The lowest BCUT2D eigenvalue weighted by Crippen LogP contribution is -2.51. The van der Waals surface area contributed by atoms with Crippen LogP contribution in [0.3, 0.4) is 0 Å². The van der Waals surface area contributed by atoms with Gasteiger partial charge in [-0.25, -0.2) is 0 Å². The molecule has 0 radical (unpaired) electrons. The van der Waals surface area contributed by atoms with E-state index in [9.17, 15) is 0 Å². The Kier molecular flexibility index (Phi) is 5.58. The minimum Gasteiger partial charge on any atom is -0.314 e. The Bertz CT molecular complexity index is 172. The second kappa shape index (κ2) is 6.46. The molecule has 3 nitrogen and oxygen atoms in total. The molecular weight excluding hydrogens is 186 g/mol. The van der Waals surface area contributed by atoms with Gasteiger partial charge in [0, 0.05) is 31.7 Å². The number of hydrogen-bond acceptors (Lipinski definition) is 3. The van der Waals surface area contributed by atoms with Gasteiger partial charge in [-0.15, -0.1) is 0 Å². The predicted molar refractivity (Wildman–Crippen MR) is 66.3 cm³/mol. The number of likely N-dealkylation sites (N-methyl/N-ethyl adjacent to an activating group) is 1. The molecule has 0 spiro atoms. The Morgan fingerprint density at radius 3 is 2.73 bits per heavy atom. The lowest BCUT2D eigenvalue weighted by Gasteiger charge is -2.38. The van der Waals surface area contributed by atoms with Crippen LogP contribution in [0, 0.1) is 0 Å². The van der Waals surface area contributed by atoms with E-state index in [0.29, 0.717) is 6.04 Å². The van der Waals surface area contributed by atoms with E-state index in [2.05, 4.69) is 42.9 Å². The normalized spacial score (nSPS) is 26.8. The van der Waals surface area contributed by atoms with Crippen LogP contribution >= 0.6 is 0 Å². The van der Waals surface area contributed by atoms with Crippen molar-refractivity contribution >= 4 is 0 Å². The zero-order chi connectivity index (χ0) is 11.3. The molecule has 0 aromatic carbocycles. The molecule has 1 saturated heterocycles. The summed E-state index contributed by atoms with van der Waals surface area (Å²) in [5, 5.41) is 3.47. The van der Waals surface area contributed by atoms with Crippen molar-refractivity contribution in [2.75, 3.05) is 39.8 Å². The predicted octanol–water partition coefficient (Wildman–Crippen LogP) is 1.01. The van der Waals surface area contributed by atoms with Crippen LogP contribution in [0.4, 0.5) is 0 Å². The van der Waals surface area contributed by atoms with Gasteiger partial charge in [0.1, 0.15) is 0 Å². The standard InChI is InChI=1S/C12H27N3/c1-5-13-11(2)6-7-15-9-8-14(4)10-12(15)3/h11-13H,5-10H2,1-4H3. The number of hydrogen-bond donors (Lipinski definition) is 1. The zero-order valence-electron chi connectivity index (χ0n) is 10.8. The first-order chi connectivity index (χ1) is 7.13. The first kappa shape index (κ1) is 12.9. The van der Waals surface area contributed by atoms with Gasteiger partial charge in [-0.1, -0.05) is 6.92 Å². The lowest BCUT2D eigenvalue weighted by atomic mass is 10.1. The average Bonchev–Trinajstić information content (AvgIpc) is 2.17. The van der Waals surface area contributed by atoms with Crippen molar-refractivity contribution in [1.29, 1.82) is 0 Å². The van der Waals surface area contributed by atoms with Crippen LogP contribution in [0.5, 0.6) is 0 Å². The van der Waals surface area contributed by atoms with Gasteiger partial charge in [0.25, 0.3) is 0 Å². The molecule has 0 aromatic heterocycles. The molecular formula is C12H27N3. The molecule has 2 unspecified atom stereocenters. The molecule has 0 aliphatic carbocycles. The number of nitrogens with zero attached hydrogens (tertiary/aromatic N) is 2. The summed E-state index contributed by atoms with van der Waals surface area (Å²) in [6.45, 7) is 12.8. The first-order valence-electron chi connectivity index (χ1n) is 6.29. The van der Waals surface area contributed by atoms with Gasteiger partial charge >= 0.3 is 0 Å². The summed E-state index contributed by atoms with van der Waals surface area (Å²) in [6.07, 6.45) is 1.27. The Labute approximate surface area is 94.8 Å². The minimum absolute atomic E-state index is 0.654. The Hall–Kier alpha value is -0.120. The summed E-state index contributed by atoms with van der Waals surface area (Å²) in [4.78, 5) is 5.04.